The summed E-state index contributed by atoms with van der Waals surface area (Å²) in [5, 5.41) is 3.24. The third-order valence-corrected chi connectivity index (χ3v) is 3.85. The molecule has 1 fully saturated rings. The van der Waals surface area contributed by atoms with Crippen LogP contribution in [0.15, 0.2) is 0 Å². The van der Waals surface area contributed by atoms with Gasteiger partial charge in [-0.3, -0.25) is 4.79 Å². The number of amides is 1. The van der Waals surface area contributed by atoms with Crippen molar-refractivity contribution in [1.29, 1.82) is 0 Å². The van der Waals surface area contributed by atoms with Crippen molar-refractivity contribution in [3.8, 4) is 0 Å². The second-order valence-electron chi connectivity index (χ2n) is 5.99. The molecule has 112 valence electrons. The second-order valence-corrected chi connectivity index (χ2v) is 5.99. The Labute approximate surface area is 118 Å². The van der Waals surface area contributed by atoms with E-state index < -0.39 is 0 Å². The normalized spacial score (nSPS) is 15.9. The summed E-state index contributed by atoms with van der Waals surface area (Å²) in [4.78, 5) is 16.8. The van der Waals surface area contributed by atoms with Crippen LogP contribution in [0.3, 0.4) is 0 Å². The van der Waals surface area contributed by atoms with Gasteiger partial charge in [-0.05, 0) is 38.0 Å². The highest BCUT2D eigenvalue weighted by Crippen LogP contribution is 2.12. The highest BCUT2D eigenvalue weighted by molar-refractivity contribution is 5.76. The molecule has 1 heterocycles. The number of carbonyl (C=O) groups excluding carboxylic acids is 1. The van der Waals surface area contributed by atoms with Gasteiger partial charge in [-0.2, -0.15) is 0 Å². The SMILES string of the molecule is CCN(CC)CCN(CC(C)C)C(=O)CC1CNC1. The average molecular weight is 269 g/mol. The highest BCUT2D eigenvalue weighted by Gasteiger charge is 2.24. The van der Waals surface area contributed by atoms with Crippen molar-refractivity contribution in [2.75, 3.05) is 45.8 Å². The molecule has 1 N–H and O–H groups in total. The van der Waals surface area contributed by atoms with Crippen LogP contribution in [-0.2, 0) is 4.79 Å². The zero-order chi connectivity index (χ0) is 14.3. The van der Waals surface area contributed by atoms with E-state index in [1.54, 1.807) is 0 Å². The van der Waals surface area contributed by atoms with Crippen LogP contribution < -0.4 is 5.32 Å². The van der Waals surface area contributed by atoms with Gasteiger partial charge >= 0.3 is 0 Å². The monoisotopic (exact) mass is 269 g/mol. The molecule has 1 aliphatic heterocycles. The molecule has 0 unspecified atom stereocenters. The second kappa shape index (κ2) is 8.54. The van der Waals surface area contributed by atoms with E-state index in [-0.39, 0.29) is 0 Å². The molecular weight excluding hydrogens is 238 g/mol. The molecule has 0 bridgehead atoms. The lowest BCUT2D eigenvalue weighted by molar-refractivity contribution is -0.133. The number of nitrogens with one attached hydrogen (secondary N) is 1. The van der Waals surface area contributed by atoms with Crippen LogP contribution in [0, 0.1) is 11.8 Å². The van der Waals surface area contributed by atoms with Crippen molar-refractivity contribution < 1.29 is 4.79 Å². The number of likely N-dealkylation sites (N-methyl/N-ethyl adjacent to an activating group) is 1. The zero-order valence-electron chi connectivity index (χ0n) is 13.1. The van der Waals surface area contributed by atoms with E-state index in [0.29, 0.717) is 17.7 Å². The molecule has 0 aromatic rings. The van der Waals surface area contributed by atoms with Crippen molar-refractivity contribution in [2.45, 2.75) is 34.1 Å². The van der Waals surface area contributed by atoms with Gasteiger partial charge in [-0.25, -0.2) is 0 Å². The maximum absolute atomic E-state index is 12.4. The minimum atomic E-state index is 0.340. The van der Waals surface area contributed by atoms with Gasteiger partial charge in [0, 0.05) is 26.1 Å². The Balaban J connectivity index is 2.42. The standard InChI is InChI=1S/C15H31N3O/c1-5-17(6-2)7-8-18(12-13(3)4)15(19)9-14-10-16-11-14/h13-14,16H,5-12H2,1-4H3. The minimum absolute atomic E-state index is 0.340. The van der Waals surface area contributed by atoms with Gasteiger partial charge in [0.15, 0.2) is 0 Å². The zero-order valence-corrected chi connectivity index (χ0v) is 13.1. The molecule has 4 heteroatoms. The topological polar surface area (TPSA) is 35.6 Å². The summed E-state index contributed by atoms with van der Waals surface area (Å²) in [6.07, 6.45) is 0.720. The van der Waals surface area contributed by atoms with Crippen LogP contribution in [0.25, 0.3) is 0 Å². The molecule has 1 amide bonds. The maximum atomic E-state index is 12.4. The Kier molecular flexibility index (Phi) is 7.39. The van der Waals surface area contributed by atoms with Crippen LogP contribution in [0.4, 0.5) is 0 Å². The van der Waals surface area contributed by atoms with Gasteiger partial charge in [0.25, 0.3) is 0 Å². The maximum Gasteiger partial charge on any atom is 0.222 e. The Morgan fingerprint density at radius 3 is 2.26 bits per heavy atom. The Bertz CT molecular complexity index is 260. The number of nitrogens with zero attached hydrogens (tertiary/aromatic N) is 2. The van der Waals surface area contributed by atoms with Gasteiger partial charge in [-0.1, -0.05) is 27.7 Å². The molecule has 0 atom stereocenters. The molecule has 0 saturated carbocycles. The van der Waals surface area contributed by atoms with Gasteiger partial charge in [0.1, 0.15) is 0 Å². The fourth-order valence-corrected chi connectivity index (χ4v) is 2.43. The molecule has 19 heavy (non-hydrogen) atoms. The van der Waals surface area contributed by atoms with Crippen LogP contribution in [0.1, 0.15) is 34.1 Å². The molecule has 0 aliphatic carbocycles. The Morgan fingerprint density at radius 2 is 1.84 bits per heavy atom. The molecule has 0 aromatic carbocycles. The van der Waals surface area contributed by atoms with E-state index in [4.69, 9.17) is 0 Å². The minimum Gasteiger partial charge on any atom is -0.341 e. The van der Waals surface area contributed by atoms with Gasteiger partial charge in [0.2, 0.25) is 5.91 Å². The fraction of sp³-hybridized carbons (Fsp3) is 0.933. The smallest absolute Gasteiger partial charge is 0.222 e. The predicted octanol–water partition coefficient (Wildman–Crippen LogP) is 1.42. The molecule has 1 rings (SSSR count). The number of carbonyl (C=O) groups is 1. The predicted molar refractivity (Wildman–Crippen MR) is 80.2 cm³/mol. The molecule has 1 saturated heterocycles. The van der Waals surface area contributed by atoms with Crippen LogP contribution in [-0.4, -0.2) is 61.5 Å². The first-order chi connectivity index (χ1) is 9.06. The number of hydrogen-bond acceptors (Lipinski definition) is 3. The van der Waals surface area contributed by atoms with Gasteiger partial charge in [0.05, 0.1) is 0 Å². The average Bonchev–Trinajstić information content (AvgIpc) is 2.32. The summed E-state index contributed by atoms with van der Waals surface area (Å²) in [5.74, 6) is 1.45. The van der Waals surface area contributed by atoms with Crippen LogP contribution in [0.2, 0.25) is 0 Å². The van der Waals surface area contributed by atoms with E-state index in [1.165, 1.54) is 0 Å². The van der Waals surface area contributed by atoms with Crippen LogP contribution >= 0.6 is 0 Å². The number of rotatable bonds is 9. The van der Waals surface area contributed by atoms with E-state index in [1.807, 2.05) is 0 Å². The largest absolute Gasteiger partial charge is 0.341 e. The Hall–Kier alpha value is -0.610. The molecule has 0 spiro atoms. The van der Waals surface area contributed by atoms with Crippen molar-refractivity contribution in [3.05, 3.63) is 0 Å². The summed E-state index contributed by atoms with van der Waals surface area (Å²) >= 11 is 0. The summed E-state index contributed by atoms with van der Waals surface area (Å²) in [5.41, 5.74) is 0. The first kappa shape index (κ1) is 16.4. The first-order valence-electron chi connectivity index (χ1n) is 7.77. The number of hydrogen-bond donors (Lipinski definition) is 1. The van der Waals surface area contributed by atoms with Crippen molar-refractivity contribution in [2.24, 2.45) is 11.8 Å². The fourth-order valence-electron chi connectivity index (χ4n) is 2.43. The molecule has 0 aromatic heterocycles. The lowest BCUT2D eigenvalue weighted by atomic mass is 9.98. The lowest BCUT2D eigenvalue weighted by Crippen LogP contribution is -2.47. The molecule has 4 nitrogen and oxygen atoms in total. The van der Waals surface area contributed by atoms with Gasteiger partial charge in [-0.15, -0.1) is 0 Å². The summed E-state index contributed by atoms with van der Waals surface area (Å²) < 4.78 is 0. The highest BCUT2D eigenvalue weighted by atomic mass is 16.2. The van der Waals surface area contributed by atoms with Crippen molar-refractivity contribution in [3.63, 3.8) is 0 Å². The third kappa shape index (κ3) is 5.91. The van der Waals surface area contributed by atoms with Crippen molar-refractivity contribution in [1.82, 2.24) is 15.1 Å². The van der Waals surface area contributed by atoms with E-state index in [0.717, 1.165) is 52.2 Å². The van der Waals surface area contributed by atoms with Crippen molar-refractivity contribution >= 4 is 5.91 Å². The third-order valence-electron chi connectivity index (χ3n) is 3.85. The summed E-state index contributed by atoms with van der Waals surface area (Å²) in [6.45, 7) is 15.6. The molecular formula is C15H31N3O. The quantitative estimate of drug-likeness (QED) is 0.688. The van der Waals surface area contributed by atoms with E-state index in [9.17, 15) is 4.79 Å². The summed E-state index contributed by atoms with van der Waals surface area (Å²) in [6, 6.07) is 0. The van der Waals surface area contributed by atoms with Gasteiger partial charge < -0.3 is 15.1 Å². The first-order valence-corrected chi connectivity index (χ1v) is 7.77. The summed E-state index contributed by atoms with van der Waals surface area (Å²) in [7, 11) is 0. The molecule has 1 aliphatic rings. The lowest BCUT2D eigenvalue weighted by Gasteiger charge is -2.32. The van der Waals surface area contributed by atoms with E-state index >= 15 is 0 Å². The van der Waals surface area contributed by atoms with Crippen LogP contribution in [0.5, 0.6) is 0 Å². The van der Waals surface area contributed by atoms with E-state index in [2.05, 4.69) is 42.8 Å². The Morgan fingerprint density at radius 1 is 1.21 bits per heavy atom. The molecule has 0 radical (unpaired) electrons.